The van der Waals surface area contributed by atoms with Crippen molar-refractivity contribution in [2.24, 2.45) is 5.84 Å². The molecular weight excluding hydrogens is 481 g/mol. The number of carboxylic acids is 1. The predicted molar refractivity (Wildman–Crippen MR) is 114 cm³/mol. The van der Waals surface area contributed by atoms with Gasteiger partial charge in [0.05, 0.1) is 11.3 Å². The lowest BCUT2D eigenvalue weighted by atomic mass is 10.1. The standard InChI is InChI=1S/C20H19F3N4O6S/c21-20(22,23)33-12-3-1-11(2-4-12)8-26-17(29)9-27(25)18(30)14-7-13(5-6-15(14)24)34-10-16(28)19(31)32/h1-7H,8-10,24-25H2,(H,26,29)(H,31,32). The molecule has 0 atom stereocenters. The Labute approximate surface area is 195 Å². The van der Waals surface area contributed by atoms with Gasteiger partial charge in [0.25, 0.3) is 5.91 Å². The molecule has 0 saturated heterocycles. The molecule has 0 heterocycles. The van der Waals surface area contributed by atoms with E-state index >= 15 is 0 Å². The van der Waals surface area contributed by atoms with Crippen LogP contribution in [0.1, 0.15) is 15.9 Å². The predicted octanol–water partition coefficient (Wildman–Crippen LogP) is 1.55. The van der Waals surface area contributed by atoms with Gasteiger partial charge in [-0.05, 0) is 35.9 Å². The zero-order chi connectivity index (χ0) is 25.5. The van der Waals surface area contributed by atoms with Gasteiger partial charge in [0, 0.05) is 17.1 Å². The van der Waals surface area contributed by atoms with E-state index in [1.165, 1.54) is 30.3 Å². The van der Waals surface area contributed by atoms with E-state index in [1.807, 2.05) is 0 Å². The third-order valence-corrected chi connectivity index (χ3v) is 5.08. The molecule has 6 N–H and O–H groups in total. The van der Waals surface area contributed by atoms with Gasteiger partial charge in [0.15, 0.2) is 0 Å². The number of amides is 2. The molecule has 0 bridgehead atoms. The first-order valence-electron chi connectivity index (χ1n) is 9.32. The summed E-state index contributed by atoms with van der Waals surface area (Å²) in [5.74, 6) is 0.871. The molecule has 0 aliphatic rings. The summed E-state index contributed by atoms with van der Waals surface area (Å²) >= 11 is 0.884. The number of alkyl halides is 3. The first-order valence-corrected chi connectivity index (χ1v) is 10.3. The van der Waals surface area contributed by atoms with Crippen molar-refractivity contribution in [2.75, 3.05) is 18.0 Å². The summed E-state index contributed by atoms with van der Waals surface area (Å²) in [6.07, 6.45) is -4.82. The highest BCUT2D eigenvalue weighted by molar-refractivity contribution is 8.00. The maximum atomic E-state index is 12.6. The summed E-state index contributed by atoms with van der Waals surface area (Å²) in [7, 11) is 0. The van der Waals surface area contributed by atoms with Gasteiger partial charge in [-0.25, -0.2) is 10.6 Å². The molecule has 2 aromatic carbocycles. The third-order valence-electron chi connectivity index (χ3n) is 4.09. The summed E-state index contributed by atoms with van der Waals surface area (Å²) in [5, 5.41) is 11.7. The lowest BCUT2D eigenvalue weighted by Crippen LogP contribution is -2.45. The fourth-order valence-corrected chi connectivity index (χ4v) is 3.25. The minimum atomic E-state index is -4.82. The Morgan fingerprint density at radius 1 is 1.09 bits per heavy atom. The Bertz CT molecular complexity index is 1080. The van der Waals surface area contributed by atoms with Gasteiger partial charge in [0.1, 0.15) is 12.3 Å². The van der Waals surface area contributed by atoms with Gasteiger partial charge < -0.3 is 20.9 Å². The van der Waals surface area contributed by atoms with E-state index < -0.39 is 42.2 Å². The Hall–Kier alpha value is -3.78. The van der Waals surface area contributed by atoms with E-state index in [0.29, 0.717) is 15.5 Å². The number of hydrogen-bond donors (Lipinski definition) is 4. The molecule has 10 nitrogen and oxygen atoms in total. The molecule has 34 heavy (non-hydrogen) atoms. The number of aliphatic carboxylic acids is 1. The minimum Gasteiger partial charge on any atom is -0.475 e. The van der Waals surface area contributed by atoms with Gasteiger partial charge in [0.2, 0.25) is 11.7 Å². The summed E-state index contributed by atoms with van der Waals surface area (Å²) < 4.78 is 40.3. The van der Waals surface area contributed by atoms with E-state index in [-0.39, 0.29) is 23.5 Å². The SMILES string of the molecule is Nc1ccc(SCC(=O)C(=O)O)cc1C(=O)N(N)CC(=O)NCc1ccc(OC(F)(F)F)cc1. The average Bonchev–Trinajstić information content (AvgIpc) is 2.76. The van der Waals surface area contributed by atoms with Crippen LogP contribution in [0.15, 0.2) is 47.4 Å². The fourth-order valence-electron chi connectivity index (χ4n) is 2.47. The van der Waals surface area contributed by atoms with Gasteiger partial charge in [-0.1, -0.05) is 12.1 Å². The molecule has 0 saturated carbocycles. The number of nitrogens with one attached hydrogen (secondary N) is 1. The number of carbonyl (C=O) groups is 4. The van der Waals surface area contributed by atoms with Crippen molar-refractivity contribution in [3.05, 3.63) is 53.6 Å². The number of benzene rings is 2. The van der Waals surface area contributed by atoms with Crippen molar-refractivity contribution < 1.29 is 42.2 Å². The number of carboxylic acid groups (broad SMARTS) is 1. The number of Topliss-reactive ketones (excluding diaryl/α,β-unsaturated/α-hetero) is 1. The number of nitrogens with two attached hydrogens (primary N) is 2. The van der Waals surface area contributed by atoms with Crippen molar-refractivity contribution in [1.82, 2.24) is 10.3 Å². The molecule has 0 spiro atoms. The first-order chi connectivity index (χ1) is 15.9. The monoisotopic (exact) mass is 500 g/mol. The maximum Gasteiger partial charge on any atom is 0.573 e. The lowest BCUT2D eigenvalue weighted by Gasteiger charge is -2.18. The molecule has 0 aliphatic heterocycles. The van der Waals surface area contributed by atoms with E-state index in [1.54, 1.807) is 0 Å². The van der Waals surface area contributed by atoms with Crippen LogP contribution in [0.25, 0.3) is 0 Å². The molecule has 0 unspecified atom stereocenters. The summed E-state index contributed by atoms with van der Waals surface area (Å²) in [4.78, 5) is 46.9. The highest BCUT2D eigenvalue weighted by atomic mass is 32.2. The molecule has 0 radical (unpaired) electrons. The number of ketones is 1. The van der Waals surface area contributed by atoms with Crippen LogP contribution in [0.2, 0.25) is 0 Å². The Morgan fingerprint density at radius 2 is 1.74 bits per heavy atom. The van der Waals surface area contributed by atoms with Gasteiger partial charge in [-0.15, -0.1) is 24.9 Å². The number of hydrazine groups is 1. The van der Waals surface area contributed by atoms with Crippen LogP contribution in [-0.2, 0) is 20.9 Å². The number of thioether (sulfide) groups is 1. The molecule has 0 aromatic heterocycles. The Kier molecular flexibility index (Phi) is 8.86. The second-order valence-electron chi connectivity index (χ2n) is 6.67. The summed E-state index contributed by atoms with van der Waals surface area (Å²) in [6, 6.07) is 9.01. The maximum absolute atomic E-state index is 12.6. The molecule has 2 amide bonds. The van der Waals surface area contributed by atoms with E-state index in [9.17, 15) is 32.3 Å². The second kappa shape index (κ2) is 11.4. The zero-order valence-electron chi connectivity index (χ0n) is 17.3. The number of halogens is 3. The largest absolute Gasteiger partial charge is 0.573 e. The number of hydrogen-bond acceptors (Lipinski definition) is 8. The van der Waals surface area contributed by atoms with Crippen LogP contribution in [0.5, 0.6) is 5.75 Å². The van der Waals surface area contributed by atoms with Crippen molar-refractivity contribution in [1.29, 1.82) is 0 Å². The van der Waals surface area contributed by atoms with Crippen LogP contribution >= 0.6 is 11.8 Å². The van der Waals surface area contributed by atoms with Crippen molar-refractivity contribution in [2.45, 2.75) is 17.8 Å². The fraction of sp³-hybridized carbons (Fsp3) is 0.200. The minimum absolute atomic E-state index is 0.0426. The molecule has 2 aromatic rings. The van der Waals surface area contributed by atoms with Gasteiger partial charge in [-0.3, -0.25) is 19.4 Å². The number of anilines is 1. The second-order valence-corrected chi connectivity index (χ2v) is 7.72. The topological polar surface area (TPSA) is 165 Å². The third kappa shape index (κ3) is 8.29. The number of nitrogen functional groups attached to an aromatic ring is 1. The summed E-state index contributed by atoms with van der Waals surface area (Å²) in [5.41, 5.74) is 6.27. The molecule has 2 rings (SSSR count). The van der Waals surface area contributed by atoms with E-state index in [4.69, 9.17) is 16.7 Å². The Morgan fingerprint density at radius 3 is 2.32 bits per heavy atom. The summed E-state index contributed by atoms with van der Waals surface area (Å²) in [6.45, 7) is -0.596. The zero-order valence-corrected chi connectivity index (χ0v) is 18.1. The average molecular weight is 500 g/mol. The van der Waals surface area contributed by atoms with Crippen LogP contribution in [-0.4, -0.2) is 52.3 Å². The highest BCUT2D eigenvalue weighted by Gasteiger charge is 2.31. The van der Waals surface area contributed by atoms with Crippen LogP contribution < -0.4 is 21.6 Å². The van der Waals surface area contributed by atoms with E-state index in [0.717, 1.165) is 23.9 Å². The molecular formula is C20H19F3N4O6S. The van der Waals surface area contributed by atoms with Crippen molar-refractivity contribution in [3.63, 3.8) is 0 Å². The van der Waals surface area contributed by atoms with Crippen molar-refractivity contribution >= 4 is 41.0 Å². The molecule has 0 aliphatic carbocycles. The lowest BCUT2D eigenvalue weighted by molar-refractivity contribution is -0.274. The number of nitrogens with zero attached hydrogens (tertiary/aromatic N) is 1. The smallest absolute Gasteiger partial charge is 0.475 e. The van der Waals surface area contributed by atoms with Gasteiger partial charge in [-0.2, -0.15) is 0 Å². The first kappa shape index (κ1) is 26.5. The van der Waals surface area contributed by atoms with Crippen LogP contribution in [0.4, 0.5) is 18.9 Å². The van der Waals surface area contributed by atoms with E-state index in [2.05, 4.69) is 10.1 Å². The van der Waals surface area contributed by atoms with Crippen LogP contribution in [0.3, 0.4) is 0 Å². The number of ether oxygens (including phenoxy) is 1. The number of carbonyl (C=O) groups excluding carboxylic acids is 3. The normalized spacial score (nSPS) is 10.9. The van der Waals surface area contributed by atoms with Crippen LogP contribution in [0, 0.1) is 0 Å². The number of rotatable bonds is 10. The molecule has 182 valence electrons. The van der Waals surface area contributed by atoms with Crippen molar-refractivity contribution in [3.8, 4) is 5.75 Å². The highest BCUT2D eigenvalue weighted by Crippen LogP contribution is 2.24. The quantitative estimate of drug-likeness (QED) is 0.0946. The molecule has 0 fully saturated rings. The van der Waals surface area contributed by atoms with Gasteiger partial charge >= 0.3 is 12.3 Å². The molecule has 14 heteroatoms. The Balaban J connectivity index is 1.92.